The van der Waals surface area contributed by atoms with Crippen LogP contribution in [-0.4, -0.2) is 11.7 Å². The van der Waals surface area contributed by atoms with E-state index in [1.165, 1.54) is 24.8 Å². The minimum absolute atomic E-state index is 0.345. The van der Waals surface area contributed by atoms with Gasteiger partial charge in [-0.1, -0.05) is 12.5 Å². The molecule has 15 heavy (non-hydrogen) atoms. The lowest BCUT2D eigenvalue weighted by Crippen LogP contribution is -2.26. The normalized spacial score (nSPS) is 21.6. The lowest BCUT2D eigenvalue weighted by Gasteiger charge is -2.24. The molecular weight excluding hydrogens is 254 g/mol. The summed E-state index contributed by atoms with van der Waals surface area (Å²) in [6, 6.07) is 4.42. The van der Waals surface area contributed by atoms with Crippen molar-refractivity contribution < 1.29 is 5.11 Å². The molecule has 2 rings (SSSR count). The van der Waals surface area contributed by atoms with Crippen LogP contribution < -0.4 is 5.32 Å². The molecule has 1 fully saturated rings. The van der Waals surface area contributed by atoms with Crippen molar-refractivity contribution in [3.63, 3.8) is 0 Å². The van der Waals surface area contributed by atoms with Gasteiger partial charge in [-0.2, -0.15) is 0 Å². The summed E-state index contributed by atoms with van der Waals surface area (Å²) in [7, 11) is 0. The first-order chi connectivity index (χ1) is 7.18. The molecule has 1 saturated heterocycles. The Hall–Kier alpha value is -0.540. The maximum Gasteiger partial charge on any atom is 0.130 e. The largest absolute Gasteiger partial charge is 0.507 e. The third-order valence-electron chi connectivity index (χ3n) is 2.97. The standard InChI is InChI=1S/C12H16BrNO/c1-8-6-9(7-11(15)12(8)13)10-4-2-3-5-14-10/h6-7,10,14-15H,2-5H2,1H3. The van der Waals surface area contributed by atoms with E-state index in [1.807, 2.05) is 13.0 Å². The Balaban J connectivity index is 2.27. The molecule has 1 atom stereocenters. The van der Waals surface area contributed by atoms with Crippen LogP contribution in [0.5, 0.6) is 5.75 Å². The summed E-state index contributed by atoms with van der Waals surface area (Å²) in [5.41, 5.74) is 2.30. The highest BCUT2D eigenvalue weighted by Gasteiger charge is 2.16. The number of piperidine rings is 1. The Morgan fingerprint density at radius 2 is 2.20 bits per heavy atom. The van der Waals surface area contributed by atoms with Crippen LogP contribution in [0.4, 0.5) is 0 Å². The van der Waals surface area contributed by atoms with Gasteiger partial charge in [-0.3, -0.25) is 0 Å². The molecule has 1 aromatic carbocycles. The summed E-state index contributed by atoms with van der Waals surface area (Å²) in [6.07, 6.45) is 3.70. The van der Waals surface area contributed by atoms with Gasteiger partial charge in [-0.15, -0.1) is 0 Å². The van der Waals surface area contributed by atoms with Crippen LogP contribution in [0.15, 0.2) is 16.6 Å². The van der Waals surface area contributed by atoms with Crippen LogP contribution in [-0.2, 0) is 0 Å². The zero-order chi connectivity index (χ0) is 10.8. The number of halogens is 1. The van der Waals surface area contributed by atoms with Gasteiger partial charge in [-0.25, -0.2) is 0 Å². The van der Waals surface area contributed by atoms with Crippen LogP contribution in [0, 0.1) is 6.92 Å². The minimum Gasteiger partial charge on any atom is -0.507 e. The van der Waals surface area contributed by atoms with E-state index in [-0.39, 0.29) is 0 Å². The van der Waals surface area contributed by atoms with Crippen molar-refractivity contribution in [2.75, 3.05) is 6.54 Å². The van der Waals surface area contributed by atoms with Crippen molar-refractivity contribution in [1.29, 1.82) is 0 Å². The van der Waals surface area contributed by atoms with E-state index in [1.54, 1.807) is 0 Å². The number of benzene rings is 1. The van der Waals surface area contributed by atoms with Gasteiger partial charge in [0.1, 0.15) is 5.75 Å². The molecule has 2 nitrogen and oxygen atoms in total. The Morgan fingerprint density at radius 3 is 2.80 bits per heavy atom. The van der Waals surface area contributed by atoms with Gasteiger partial charge in [-0.05, 0) is 59.4 Å². The summed E-state index contributed by atoms with van der Waals surface area (Å²) >= 11 is 3.37. The van der Waals surface area contributed by atoms with Crippen LogP contribution in [0.25, 0.3) is 0 Å². The molecule has 1 aliphatic heterocycles. The number of rotatable bonds is 1. The van der Waals surface area contributed by atoms with Crippen molar-refractivity contribution in [2.45, 2.75) is 32.2 Å². The summed E-state index contributed by atoms with van der Waals surface area (Å²) in [5.74, 6) is 0.345. The fourth-order valence-corrected chi connectivity index (χ4v) is 2.34. The SMILES string of the molecule is Cc1cc(C2CCCCN2)cc(O)c1Br. The topological polar surface area (TPSA) is 32.3 Å². The predicted molar refractivity (Wildman–Crippen MR) is 65.1 cm³/mol. The maximum atomic E-state index is 9.74. The highest BCUT2D eigenvalue weighted by Crippen LogP contribution is 2.33. The molecule has 0 aliphatic carbocycles. The maximum absolute atomic E-state index is 9.74. The number of aromatic hydroxyl groups is 1. The summed E-state index contributed by atoms with van der Waals surface area (Å²) < 4.78 is 0.807. The highest BCUT2D eigenvalue weighted by molar-refractivity contribution is 9.10. The molecule has 0 amide bonds. The van der Waals surface area contributed by atoms with Gasteiger partial charge in [0, 0.05) is 6.04 Å². The monoisotopic (exact) mass is 269 g/mol. The number of phenolic OH excluding ortho intramolecular Hbond substituents is 1. The average Bonchev–Trinajstić information content (AvgIpc) is 2.26. The van der Waals surface area contributed by atoms with E-state index >= 15 is 0 Å². The quantitative estimate of drug-likeness (QED) is 0.820. The third-order valence-corrected chi connectivity index (χ3v) is 4.00. The molecule has 0 aromatic heterocycles. The Labute approximate surface area is 98.8 Å². The number of phenols is 1. The van der Waals surface area contributed by atoms with Gasteiger partial charge in [0.05, 0.1) is 4.47 Å². The van der Waals surface area contributed by atoms with Gasteiger partial charge >= 0.3 is 0 Å². The molecular formula is C12H16BrNO. The molecule has 82 valence electrons. The van der Waals surface area contributed by atoms with Gasteiger partial charge in [0.25, 0.3) is 0 Å². The smallest absolute Gasteiger partial charge is 0.130 e. The molecule has 1 unspecified atom stereocenters. The van der Waals surface area contributed by atoms with Crippen LogP contribution in [0.3, 0.4) is 0 Å². The summed E-state index contributed by atoms with van der Waals surface area (Å²) in [4.78, 5) is 0. The van der Waals surface area contributed by atoms with Crippen molar-refractivity contribution in [3.05, 3.63) is 27.7 Å². The van der Waals surface area contributed by atoms with Crippen LogP contribution >= 0.6 is 15.9 Å². The first-order valence-corrected chi connectivity index (χ1v) is 6.20. The minimum atomic E-state index is 0.345. The second kappa shape index (κ2) is 4.54. The first kappa shape index (κ1) is 11.0. The molecule has 0 bridgehead atoms. The highest BCUT2D eigenvalue weighted by atomic mass is 79.9. The van der Waals surface area contributed by atoms with Gasteiger partial charge in [0.15, 0.2) is 0 Å². The van der Waals surface area contributed by atoms with Crippen molar-refractivity contribution in [2.24, 2.45) is 0 Å². The zero-order valence-corrected chi connectivity index (χ0v) is 10.5. The fraction of sp³-hybridized carbons (Fsp3) is 0.500. The molecule has 2 N–H and O–H groups in total. The van der Waals surface area contributed by atoms with Crippen molar-refractivity contribution in [3.8, 4) is 5.75 Å². The van der Waals surface area contributed by atoms with E-state index in [0.29, 0.717) is 11.8 Å². The second-order valence-electron chi connectivity index (χ2n) is 4.17. The lowest BCUT2D eigenvalue weighted by molar-refractivity contribution is 0.409. The second-order valence-corrected chi connectivity index (χ2v) is 4.97. The molecule has 0 spiro atoms. The Bertz CT molecular complexity index is 336. The average molecular weight is 270 g/mol. The number of hydrogen-bond acceptors (Lipinski definition) is 2. The van der Waals surface area contributed by atoms with Crippen LogP contribution in [0.2, 0.25) is 0 Å². The molecule has 1 aliphatic rings. The Morgan fingerprint density at radius 1 is 1.40 bits per heavy atom. The third kappa shape index (κ3) is 2.34. The molecule has 3 heteroatoms. The fourth-order valence-electron chi connectivity index (χ4n) is 2.12. The predicted octanol–water partition coefficient (Wildman–Crippen LogP) is 3.28. The molecule has 0 saturated carbocycles. The number of aryl methyl sites for hydroxylation is 1. The van der Waals surface area contributed by atoms with E-state index in [9.17, 15) is 5.11 Å². The molecule has 0 radical (unpaired) electrons. The number of nitrogens with one attached hydrogen (secondary N) is 1. The molecule has 1 heterocycles. The zero-order valence-electron chi connectivity index (χ0n) is 8.89. The van der Waals surface area contributed by atoms with E-state index in [4.69, 9.17) is 0 Å². The van der Waals surface area contributed by atoms with Crippen LogP contribution in [0.1, 0.15) is 36.4 Å². The van der Waals surface area contributed by atoms with Gasteiger partial charge in [0.2, 0.25) is 0 Å². The van der Waals surface area contributed by atoms with Crippen molar-refractivity contribution >= 4 is 15.9 Å². The molecule has 1 aromatic rings. The van der Waals surface area contributed by atoms with Gasteiger partial charge < -0.3 is 10.4 Å². The summed E-state index contributed by atoms with van der Waals surface area (Å²) in [5, 5.41) is 13.2. The summed E-state index contributed by atoms with van der Waals surface area (Å²) in [6.45, 7) is 3.09. The lowest BCUT2D eigenvalue weighted by atomic mass is 9.96. The van der Waals surface area contributed by atoms with Crippen molar-refractivity contribution in [1.82, 2.24) is 5.32 Å². The van der Waals surface area contributed by atoms with E-state index in [0.717, 1.165) is 16.6 Å². The van der Waals surface area contributed by atoms with E-state index < -0.39 is 0 Å². The number of hydrogen-bond donors (Lipinski definition) is 2. The Kier molecular flexibility index (Phi) is 3.32. The first-order valence-electron chi connectivity index (χ1n) is 5.41. The van der Waals surface area contributed by atoms with E-state index in [2.05, 4.69) is 27.3 Å².